The van der Waals surface area contributed by atoms with E-state index in [1.807, 2.05) is 6.20 Å². The molecule has 0 bridgehead atoms. The van der Waals surface area contributed by atoms with E-state index >= 15 is 0 Å². The van der Waals surface area contributed by atoms with Gasteiger partial charge in [0.2, 0.25) is 0 Å². The largest absolute Gasteiger partial charge is 0.377 e. The van der Waals surface area contributed by atoms with Gasteiger partial charge in [0.1, 0.15) is 0 Å². The van der Waals surface area contributed by atoms with Crippen LogP contribution in [0, 0.1) is 5.92 Å². The van der Waals surface area contributed by atoms with Crippen LogP contribution in [-0.2, 0) is 11.2 Å². The molecule has 1 fully saturated rings. The van der Waals surface area contributed by atoms with E-state index in [2.05, 4.69) is 36.3 Å². The van der Waals surface area contributed by atoms with Crippen LogP contribution < -0.4 is 5.32 Å². The third kappa shape index (κ3) is 2.75. The van der Waals surface area contributed by atoms with Crippen LogP contribution in [0.1, 0.15) is 50.3 Å². The summed E-state index contributed by atoms with van der Waals surface area (Å²) in [5, 5.41) is 3.71. The summed E-state index contributed by atoms with van der Waals surface area (Å²) in [6, 6.07) is 4.71. The van der Waals surface area contributed by atoms with Crippen LogP contribution in [0.15, 0.2) is 18.3 Å². The van der Waals surface area contributed by atoms with Crippen LogP contribution in [0.4, 0.5) is 0 Å². The van der Waals surface area contributed by atoms with E-state index in [1.165, 1.54) is 36.9 Å². The Kier molecular flexibility index (Phi) is 4.37. The Morgan fingerprint density at radius 2 is 2.20 bits per heavy atom. The summed E-state index contributed by atoms with van der Waals surface area (Å²) in [7, 11) is 0. The Morgan fingerprint density at radius 3 is 2.90 bits per heavy atom. The molecule has 1 saturated carbocycles. The topological polar surface area (TPSA) is 34.2 Å². The highest BCUT2D eigenvalue weighted by molar-refractivity contribution is 5.30. The van der Waals surface area contributed by atoms with Crippen molar-refractivity contribution in [1.29, 1.82) is 0 Å². The summed E-state index contributed by atoms with van der Waals surface area (Å²) in [5.41, 5.74) is 2.75. The molecule has 1 aromatic rings. The lowest BCUT2D eigenvalue weighted by Crippen LogP contribution is -2.46. The van der Waals surface area contributed by atoms with E-state index in [1.54, 1.807) is 0 Å². The van der Waals surface area contributed by atoms with Gasteiger partial charge in [-0.3, -0.25) is 4.98 Å². The fraction of sp³-hybridized carbons (Fsp3) is 0.706. The van der Waals surface area contributed by atoms with Crippen molar-refractivity contribution in [3.8, 4) is 0 Å². The Bertz CT molecular complexity index is 444. The second kappa shape index (κ2) is 6.23. The maximum absolute atomic E-state index is 6.12. The first kappa shape index (κ1) is 14.0. The molecule has 0 spiro atoms. The van der Waals surface area contributed by atoms with E-state index in [0.29, 0.717) is 18.1 Å². The third-order valence-corrected chi connectivity index (χ3v) is 4.68. The van der Waals surface area contributed by atoms with Crippen molar-refractivity contribution in [2.24, 2.45) is 5.92 Å². The van der Waals surface area contributed by atoms with Gasteiger partial charge in [-0.15, -0.1) is 0 Å². The minimum Gasteiger partial charge on any atom is -0.377 e. The molecular weight excluding hydrogens is 248 g/mol. The molecule has 0 saturated heterocycles. The van der Waals surface area contributed by atoms with Crippen LogP contribution in [-0.4, -0.2) is 30.3 Å². The molecule has 3 heteroatoms. The third-order valence-electron chi connectivity index (χ3n) is 4.68. The van der Waals surface area contributed by atoms with Crippen LogP contribution in [0.5, 0.6) is 0 Å². The summed E-state index contributed by atoms with van der Waals surface area (Å²) in [6.07, 6.45) is 7.33. The molecule has 3 rings (SSSR count). The molecule has 0 amide bonds. The smallest absolute Gasteiger partial charge is 0.0762 e. The van der Waals surface area contributed by atoms with E-state index in [0.717, 1.165) is 19.1 Å². The zero-order chi connectivity index (χ0) is 13.9. The summed E-state index contributed by atoms with van der Waals surface area (Å²) >= 11 is 0. The quantitative estimate of drug-likeness (QED) is 0.830. The second-order valence-corrected chi connectivity index (χ2v) is 6.03. The lowest BCUT2D eigenvalue weighted by atomic mass is 9.90. The predicted octanol–water partition coefficient (Wildman–Crippen LogP) is 2.90. The van der Waals surface area contributed by atoms with Crippen molar-refractivity contribution in [1.82, 2.24) is 10.3 Å². The number of likely N-dealkylation sites (N-methyl/N-ethyl adjacent to an activating group) is 1. The summed E-state index contributed by atoms with van der Waals surface area (Å²) < 4.78 is 6.12. The van der Waals surface area contributed by atoms with Crippen LogP contribution in [0.3, 0.4) is 0 Å². The van der Waals surface area contributed by atoms with Crippen LogP contribution >= 0.6 is 0 Å². The van der Waals surface area contributed by atoms with Crippen LogP contribution in [0.25, 0.3) is 0 Å². The first-order valence-electron chi connectivity index (χ1n) is 8.13. The minimum absolute atomic E-state index is 0.359. The summed E-state index contributed by atoms with van der Waals surface area (Å²) in [6.45, 7) is 6.11. The first-order valence-corrected chi connectivity index (χ1v) is 8.13. The van der Waals surface area contributed by atoms with Crippen molar-refractivity contribution in [2.45, 2.75) is 57.6 Å². The van der Waals surface area contributed by atoms with Crippen LogP contribution in [0.2, 0.25) is 0 Å². The van der Waals surface area contributed by atoms with Gasteiger partial charge >= 0.3 is 0 Å². The van der Waals surface area contributed by atoms with E-state index < -0.39 is 0 Å². The maximum Gasteiger partial charge on any atom is 0.0762 e. The van der Waals surface area contributed by atoms with Gasteiger partial charge in [-0.05, 0) is 56.7 Å². The van der Waals surface area contributed by atoms with Gasteiger partial charge in [0, 0.05) is 30.5 Å². The number of hydrogen-bond donors (Lipinski definition) is 1. The Labute approximate surface area is 122 Å². The highest BCUT2D eigenvalue weighted by Crippen LogP contribution is 2.42. The molecule has 2 aliphatic rings. The lowest BCUT2D eigenvalue weighted by molar-refractivity contribution is 0.0120. The number of ether oxygens (including phenoxy) is 1. The highest BCUT2D eigenvalue weighted by Gasteiger charge is 2.42. The molecule has 3 nitrogen and oxygen atoms in total. The zero-order valence-corrected chi connectivity index (χ0v) is 12.6. The predicted molar refractivity (Wildman–Crippen MR) is 80.9 cm³/mol. The van der Waals surface area contributed by atoms with E-state index in [4.69, 9.17) is 4.74 Å². The molecule has 3 atom stereocenters. The van der Waals surface area contributed by atoms with Gasteiger partial charge in [0.05, 0.1) is 6.10 Å². The van der Waals surface area contributed by atoms with Gasteiger partial charge < -0.3 is 10.1 Å². The number of nitrogens with zero attached hydrogens (tertiary/aromatic N) is 1. The summed E-state index contributed by atoms with van der Waals surface area (Å²) in [4.78, 5) is 4.67. The van der Waals surface area contributed by atoms with Crippen molar-refractivity contribution >= 4 is 0 Å². The molecule has 0 aromatic carbocycles. The van der Waals surface area contributed by atoms with E-state index in [9.17, 15) is 0 Å². The average molecular weight is 274 g/mol. The highest BCUT2D eigenvalue weighted by atomic mass is 16.5. The molecule has 1 heterocycles. The van der Waals surface area contributed by atoms with Gasteiger partial charge in [0.15, 0.2) is 0 Å². The average Bonchev–Trinajstić information content (AvgIpc) is 3.22. The molecule has 20 heavy (non-hydrogen) atoms. The van der Waals surface area contributed by atoms with Gasteiger partial charge in [0.25, 0.3) is 0 Å². The molecular formula is C17H26N2O. The van der Waals surface area contributed by atoms with Crippen molar-refractivity contribution < 1.29 is 4.74 Å². The molecule has 1 N–H and O–H groups in total. The number of fused-ring (bicyclic) bond motifs is 1. The van der Waals surface area contributed by atoms with Gasteiger partial charge in [-0.1, -0.05) is 13.0 Å². The van der Waals surface area contributed by atoms with Crippen molar-refractivity contribution in [3.63, 3.8) is 0 Å². The molecule has 1 aromatic heterocycles. The molecule has 110 valence electrons. The fourth-order valence-electron chi connectivity index (χ4n) is 3.67. The Morgan fingerprint density at radius 1 is 1.35 bits per heavy atom. The van der Waals surface area contributed by atoms with Gasteiger partial charge in [-0.25, -0.2) is 0 Å². The standard InChI is InChI=1S/C17H26N2O/c1-3-18-16(17(20-4-2)13-7-8-13)14-10-9-12-6-5-11-19-15(12)14/h5-6,11,13-14,16-18H,3-4,7-10H2,1-2H3. The maximum atomic E-state index is 6.12. The number of aromatic nitrogens is 1. The summed E-state index contributed by atoms with van der Waals surface area (Å²) in [5.74, 6) is 1.27. The normalized spacial score (nSPS) is 24.4. The zero-order valence-electron chi connectivity index (χ0n) is 12.6. The molecule has 0 radical (unpaired) electrons. The van der Waals surface area contributed by atoms with E-state index in [-0.39, 0.29) is 0 Å². The minimum atomic E-state index is 0.359. The number of hydrogen-bond acceptors (Lipinski definition) is 3. The molecule has 3 unspecified atom stereocenters. The number of nitrogens with one attached hydrogen (secondary N) is 1. The Hall–Kier alpha value is -0.930. The lowest BCUT2D eigenvalue weighted by Gasteiger charge is -2.32. The van der Waals surface area contributed by atoms with Gasteiger partial charge in [-0.2, -0.15) is 0 Å². The molecule has 2 aliphatic carbocycles. The fourth-order valence-corrected chi connectivity index (χ4v) is 3.67. The number of pyridine rings is 1. The number of aryl methyl sites for hydroxylation is 1. The van der Waals surface area contributed by atoms with Crippen molar-refractivity contribution in [2.75, 3.05) is 13.2 Å². The number of rotatable bonds is 7. The van der Waals surface area contributed by atoms with Crippen molar-refractivity contribution in [3.05, 3.63) is 29.6 Å². The molecule has 0 aliphatic heterocycles. The Balaban J connectivity index is 1.83. The second-order valence-electron chi connectivity index (χ2n) is 6.03. The first-order chi connectivity index (χ1) is 9.85. The SMILES string of the molecule is CCNC(C1CCc2cccnc21)C(OCC)C1CC1. The monoisotopic (exact) mass is 274 g/mol.